The Morgan fingerprint density at radius 3 is 3.05 bits per heavy atom. The second kappa shape index (κ2) is 5.90. The number of hydrogen-bond donors (Lipinski definition) is 0. The van der Waals surface area contributed by atoms with E-state index in [1.807, 2.05) is 4.90 Å². The molecular weight excluding hydrogens is 264 g/mol. The van der Waals surface area contributed by atoms with Crippen LogP contribution < -0.4 is 0 Å². The largest absolute Gasteiger partial charge is 0.379 e. The highest BCUT2D eigenvalue weighted by atomic mass is 16.5. The Kier molecular flexibility index (Phi) is 3.97. The van der Waals surface area contributed by atoms with Gasteiger partial charge in [-0.2, -0.15) is 0 Å². The lowest BCUT2D eigenvalue weighted by Crippen LogP contribution is -2.34. The van der Waals surface area contributed by atoms with Gasteiger partial charge < -0.3 is 14.2 Å². The van der Waals surface area contributed by atoms with Crippen molar-refractivity contribution in [1.82, 2.24) is 9.47 Å². The number of aromatic nitrogens is 1. The molecule has 0 N–H and O–H groups in total. The van der Waals surface area contributed by atoms with E-state index in [1.165, 1.54) is 16.5 Å². The third kappa shape index (κ3) is 3.10. The smallest absolute Gasteiger partial charge is 0.219 e. The summed E-state index contributed by atoms with van der Waals surface area (Å²) in [5, 5.41) is 1.27. The molecule has 1 saturated heterocycles. The normalized spacial score (nSPS) is 19.7. The standard InChI is InChI=1S/C17H22N2O2/c1-13(20)19-7-8-21-12-15(11-19)9-14-3-4-17-16(10-14)5-6-18(17)2/h3-6,10,15H,7-9,11-12H2,1-2H3/t15-/m1/s1. The molecule has 3 rings (SSSR count). The summed E-state index contributed by atoms with van der Waals surface area (Å²) in [4.78, 5) is 13.5. The number of rotatable bonds is 2. The van der Waals surface area contributed by atoms with Crippen molar-refractivity contribution in [3.8, 4) is 0 Å². The molecule has 0 bridgehead atoms. The zero-order chi connectivity index (χ0) is 14.8. The van der Waals surface area contributed by atoms with E-state index >= 15 is 0 Å². The molecule has 0 spiro atoms. The topological polar surface area (TPSA) is 34.5 Å². The van der Waals surface area contributed by atoms with E-state index in [2.05, 4.69) is 42.1 Å². The third-order valence-corrected chi connectivity index (χ3v) is 4.26. The zero-order valence-electron chi connectivity index (χ0n) is 12.7. The monoisotopic (exact) mass is 286 g/mol. The van der Waals surface area contributed by atoms with Crippen LogP contribution in [0.1, 0.15) is 12.5 Å². The first-order valence-electron chi connectivity index (χ1n) is 7.50. The summed E-state index contributed by atoms with van der Waals surface area (Å²) >= 11 is 0. The van der Waals surface area contributed by atoms with Crippen molar-refractivity contribution < 1.29 is 9.53 Å². The van der Waals surface area contributed by atoms with Crippen LogP contribution in [0.2, 0.25) is 0 Å². The van der Waals surface area contributed by atoms with Crippen LogP contribution in [0.15, 0.2) is 30.5 Å². The minimum atomic E-state index is 0.143. The van der Waals surface area contributed by atoms with E-state index in [0.717, 1.165) is 19.6 Å². The molecule has 2 aromatic rings. The minimum Gasteiger partial charge on any atom is -0.379 e. The van der Waals surface area contributed by atoms with Gasteiger partial charge in [-0.05, 0) is 35.6 Å². The van der Waals surface area contributed by atoms with Crippen molar-refractivity contribution in [2.45, 2.75) is 13.3 Å². The van der Waals surface area contributed by atoms with Gasteiger partial charge in [-0.3, -0.25) is 4.79 Å². The lowest BCUT2D eigenvalue weighted by molar-refractivity contribution is -0.129. The summed E-state index contributed by atoms with van der Waals surface area (Å²) in [6.07, 6.45) is 3.04. The van der Waals surface area contributed by atoms with Gasteiger partial charge >= 0.3 is 0 Å². The summed E-state index contributed by atoms with van der Waals surface area (Å²) in [6.45, 7) is 4.52. The maximum atomic E-state index is 11.6. The second-order valence-corrected chi connectivity index (χ2v) is 5.93. The molecule has 0 unspecified atom stereocenters. The fraction of sp³-hybridized carbons (Fsp3) is 0.471. The fourth-order valence-electron chi connectivity index (χ4n) is 3.08. The molecule has 4 heteroatoms. The molecule has 1 amide bonds. The highest BCUT2D eigenvalue weighted by Crippen LogP contribution is 2.20. The molecule has 0 radical (unpaired) electrons. The van der Waals surface area contributed by atoms with Gasteiger partial charge in [-0.1, -0.05) is 6.07 Å². The molecule has 1 aliphatic heterocycles. The number of ether oxygens (including phenoxy) is 1. The predicted molar refractivity (Wildman–Crippen MR) is 83.2 cm³/mol. The van der Waals surface area contributed by atoms with Crippen molar-refractivity contribution in [1.29, 1.82) is 0 Å². The Hall–Kier alpha value is -1.81. The summed E-state index contributed by atoms with van der Waals surface area (Å²) in [5.74, 6) is 0.515. The maximum absolute atomic E-state index is 11.6. The van der Waals surface area contributed by atoms with Gasteiger partial charge in [-0.25, -0.2) is 0 Å². The van der Waals surface area contributed by atoms with E-state index in [1.54, 1.807) is 6.92 Å². The Morgan fingerprint density at radius 1 is 1.38 bits per heavy atom. The van der Waals surface area contributed by atoms with Gasteiger partial charge in [0.05, 0.1) is 13.2 Å². The van der Waals surface area contributed by atoms with E-state index in [9.17, 15) is 4.79 Å². The van der Waals surface area contributed by atoms with Crippen LogP contribution in [0, 0.1) is 5.92 Å². The van der Waals surface area contributed by atoms with Crippen molar-refractivity contribution in [3.05, 3.63) is 36.0 Å². The Balaban J connectivity index is 1.75. The number of carbonyl (C=O) groups excluding carboxylic acids is 1. The van der Waals surface area contributed by atoms with Crippen LogP contribution >= 0.6 is 0 Å². The van der Waals surface area contributed by atoms with Crippen LogP contribution in [-0.4, -0.2) is 41.7 Å². The van der Waals surface area contributed by atoms with Gasteiger partial charge in [-0.15, -0.1) is 0 Å². The summed E-state index contributed by atoms with van der Waals surface area (Å²) < 4.78 is 7.78. The van der Waals surface area contributed by atoms with Gasteiger partial charge in [0.15, 0.2) is 0 Å². The first kappa shape index (κ1) is 14.1. The van der Waals surface area contributed by atoms with Crippen molar-refractivity contribution >= 4 is 16.8 Å². The highest BCUT2D eigenvalue weighted by molar-refractivity contribution is 5.80. The predicted octanol–water partition coefficient (Wildman–Crippen LogP) is 2.22. The first-order valence-corrected chi connectivity index (χ1v) is 7.50. The van der Waals surface area contributed by atoms with Crippen LogP contribution in [0.4, 0.5) is 0 Å². The zero-order valence-corrected chi connectivity index (χ0v) is 12.7. The number of nitrogens with zero attached hydrogens (tertiary/aromatic N) is 2. The molecule has 1 aliphatic rings. The number of hydrogen-bond acceptors (Lipinski definition) is 2. The SMILES string of the molecule is CC(=O)N1CCOC[C@H](Cc2ccc3c(ccn3C)c2)C1. The lowest BCUT2D eigenvalue weighted by atomic mass is 9.98. The van der Waals surface area contributed by atoms with Crippen molar-refractivity contribution in [2.75, 3.05) is 26.3 Å². The molecule has 1 aromatic heterocycles. The molecule has 1 fully saturated rings. The van der Waals surface area contributed by atoms with Crippen LogP contribution in [0.3, 0.4) is 0 Å². The molecule has 1 atom stereocenters. The minimum absolute atomic E-state index is 0.143. The van der Waals surface area contributed by atoms with Gasteiger partial charge in [0.25, 0.3) is 0 Å². The maximum Gasteiger partial charge on any atom is 0.219 e. The molecule has 21 heavy (non-hydrogen) atoms. The van der Waals surface area contributed by atoms with E-state index in [4.69, 9.17) is 4.74 Å². The number of amides is 1. The van der Waals surface area contributed by atoms with E-state index < -0.39 is 0 Å². The van der Waals surface area contributed by atoms with E-state index in [0.29, 0.717) is 19.1 Å². The van der Waals surface area contributed by atoms with Crippen molar-refractivity contribution in [2.24, 2.45) is 13.0 Å². The van der Waals surface area contributed by atoms with Gasteiger partial charge in [0.1, 0.15) is 0 Å². The third-order valence-electron chi connectivity index (χ3n) is 4.26. The number of benzene rings is 1. The molecule has 1 aromatic carbocycles. The van der Waals surface area contributed by atoms with Crippen molar-refractivity contribution in [3.63, 3.8) is 0 Å². The Morgan fingerprint density at radius 2 is 2.24 bits per heavy atom. The number of aryl methyl sites for hydroxylation is 1. The highest BCUT2D eigenvalue weighted by Gasteiger charge is 2.20. The average molecular weight is 286 g/mol. The summed E-state index contributed by atoms with van der Waals surface area (Å²) in [6, 6.07) is 8.75. The fourth-order valence-corrected chi connectivity index (χ4v) is 3.08. The first-order chi connectivity index (χ1) is 10.1. The van der Waals surface area contributed by atoms with Crippen LogP contribution in [0.5, 0.6) is 0 Å². The average Bonchev–Trinajstić information content (AvgIpc) is 2.69. The summed E-state index contributed by atoms with van der Waals surface area (Å²) in [5.41, 5.74) is 2.56. The molecule has 0 saturated carbocycles. The molecule has 112 valence electrons. The lowest BCUT2D eigenvalue weighted by Gasteiger charge is -2.22. The Labute approximate surface area is 125 Å². The van der Waals surface area contributed by atoms with Crippen LogP contribution in [-0.2, 0) is 23.0 Å². The number of carbonyl (C=O) groups is 1. The van der Waals surface area contributed by atoms with Gasteiger partial charge in [0.2, 0.25) is 5.91 Å². The van der Waals surface area contributed by atoms with Gasteiger partial charge in [0, 0.05) is 44.7 Å². The molecule has 2 heterocycles. The molecular formula is C17H22N2O2. The van der Waals surface area contributed by atoms with E-state index in [-0.39, 0.29) is 5.91 Å². The quantitative estimate of drug-likeness (QED) is 0.848. The molecule has 4 nitrogen and oxygen atoms in total. The van der Waals surface area contributed by atoms with Crippen LogP contribution in [0.25, 0.3) is 10.9 Å². The Bertz CT molecular complexity index is 647. The summed E-state index contributed by atoms with van der Waals surface area (Å²) in [7, 11) is 2.06. The number of fused-ring (bicyclic) bond motifs is 1. The second-order valence-electron chi connectivity index (χ2n) is 5.93. The molecule has 0 aliphatic carbocycles.